The van der Waals surface area contributed by atoms with Crippen molar-refractivity contribution in [3.8, 4) is 0 Å². The summed E-state index contributed by atoms with van der Waals surface area (Å²) in [7, 11) is 0. The molecular weight excluding hydrogens is 240 g/mol. The standard InChI is InChI=1S/C13H16N6/c14-10-3-5-19(8-10)13-6-12(16-9-17-13)18-11-2-1-4-15-7-11/h1-2,4,6-7,9-10H,3,5,8,14H2,(H,16,17,18). The molecule has 1 saturated heterocycles. The molecule has 0 saturated carbocycles. The monoisotopic (exact) mass is 256 g/mol. The zero-order valence-electron chi connectivity index (χ0n) is 10.5. The van der Waals surface area contributed by atoms with Crippen LogP contribution in [0.1, 0.15) is 6.42 Å². The highest BCUT2D eigenvalue weighted by atomic mass is 15.2. The van der Waals surface area contributed by atoms with Gasteiger partial charge in [0.2, 0.25) is 0 Å². The number of aromatic nitrogens is 3. The van der Waals surface area contributed by atoms with Gasteiger partial charge in [-0.05, 0) is 18.6 Å². The van der Waals surface area contributed by atoms with Gasteiger partial charge in [0.1, 0.15) is 18.0 Å². The molecule has 0 radical (unpaired) electrons. The van der Waals surface area contributed by atoms with Crippen molar-refractivity contribution in [2.24, 2.45) is 5.73 Å². The SMILES string of the molecule is NC1CCN(c2cc(Nc3cccnc3)ncn2)C1. The van der Waals surface area contributed by atoms with E-state index >= 15 is 0 Å². The highest BCUT2D eigenvalue weighted by molar-refractivity contribution is 5.58. The largest absolute Gasteiger partial charge is 0.355 e. The van der Waals surface area contributed by atoms with Crippen LogP contribution >= 0.6 is 0 Å². The molecule has 0 aromatic carbocycles. The molecule has 1 aliphatic rings. The van der Waals surface area contributed by atoms with E-state index in [1.54, 1.807) is 18.7 Å². The third-order valence-electron chi connectivity index (χ3n) is 3.14. The number of nitrogens with zero attached hydrogens (tertiary/aromatic N) is 4. The Hall–Kier alpha value is -2.21. The second kappa shape index (κ2) is 5.19. The number of nitrogens with two attached hydrogens (primary N) is 1. The average Bonchev–Trinajstić information content (AvgIpc) is 2.87. The molecule has 3 heterocycles. The molecule has 98 valence electrons. The van der Waals surface area contributed by atoms with Gasteiger partial charge in [-0.2, -0.15) is 0 Å². The normalized spacial score (nSPS) is 18.6. The van der Waals surface area contributed by atoms with Crippen LogP contribution in [0.4, 0.5) is 17.3 Å². The van der Waals surface area contributed by atoms with Crippen molar-refractivity contribution >= 4 is 17.3 Å². The molecule has 0 spiro atoms. The van der Waals surface area contributed by atoms with Crippen LogP contribution in [0, 0.1) is 0 Å². The van der Waals surface area contributed by atoms with Crippen LogP contribution in [0.25, 0.3) is 0 Å². The molecule has 0 aliphatic carbocycles. The maximum absolute atomic E-state index is 5.92. The zero-order chi connectivity index (χ0) is 13.1. The second-order valence-electron chi connectivity index (χ2n) is 4.62. The molecule has 6 nitrogen and oxygen atoms in total. The van der Waals surface area contributed by atoms with Gasteiger partial charge in [-0.25, -0.2) is 9.97 Å². The molecular formula is C13H16N6. The first-order valence-electron chi connectivity index (χ1n) is 6.31. The van der Waals surface area contributed by atoms with Gasteiger partial charge < -0.3 is 16.0 Å². The number of anilines is 3. The molecule has 0 amide bonds. The van der Waals surface area contributed by atoms with Gasteiger partial charge in [0, 0.05) is 31.4 Å². The second-order valence-corrected chi connectivity index (χ2v) is 4.62. The number of hydrogen-bond donors (Lipinski definition) is 2. The molecule has 1 aliphatic heterocycles. The summed E-state index contributed by atoms with van der Waals surface area (Å²) in [6.45, 7) is 1.80. The van der Waals surface area contributed by atoms with Crippen molar-refractivity contribution < 1.29 is 0 Å². The zero-order valence-corrected chi connectivity index (χ0v) is 10.5. The lowest BCUT2D eigenvalue weighted by atomic mass is 10.3. The topological polar surface area (TPSA) is 80.0 Å². The van der Waals surface area contributed by atoms with E-state index in [4.69, 9.17) is 5.73 Å². The minimum Gasteiger partial charge on any atom is -0.355 e. The lowest BCUT2D eigenvalue weighted by Gasteiger charge is -2.17. The van der Waals surface area contributed by atoms with Crippen molar-refractivity contribution in [2.45, 2.75) is 12.5 Å². The molecule has 3 rings (SSSR count). The van der Waals surface area contributed by atoms with E-state index in [1.807, 2.05) is 18.2 Å². The van der Waals surface area contributed by atoms with E-state index in [9.17, 15) is 0 Å². The quantitative estimate of drug-likeness (QED) is 0.857. The fraction of sp³-hybridized carbons (Fsp3) is 0.308. The van der Waals surface area contributed by atoms with Crippen LogP contribution in [0.15, 0.2) is 36.9 Å². The summed E-state index contributed by atoms with van der Waals surface area (Å²) in [5.74, 6) is 1.67. The van der Waals surface area contributed by atoms with E-state index in [1.165, 1.54) is 0 Å². The predicted octanol–water partition coefficient (Wildman–Crippen LogP) is 1.15. The van der Waals surface area contributed by atoms with Gasteiger partial charge in [0.05, 0.1) is 11.9 Å². The van der Waals surface area contributed by atoms with Crippen LogP contribution in [-0.4, -0.2) is 34.1 Å². The first-order chi connectivity index (χ1) is 9.31. The van der Waals surface area contributed by atoms with Crippen molar-refractivity contribution in [1.82, 2.24) is 15.0 Å². The van der Waals surface area contributed by atoms with Gasteiger partial charge >= 0.3 is 0 Å². The highest BCUT2D eigenvalue weighted by Gasteiger charge is 2.20. The average molecular weight is 256 g/mol. The maximum atomic E-state index is 5.92. The predicted molar refractivity (Wildman–Crippen MR) is 74.4 cm³/mol. The Kier molecular flexibility index (Phi) is 3.24. The van der Waals surface area contributed by atoms with Crippen molar-refractivity contribution in [3.05, 3.63) is 36.9 Å². The summed E-state index contributed by atoms with van der Waals surface area (Å²) in [4.78, 5) is 14.8. The number of rotatable bonds is 3. The fourth-order valence-corrected chi connectivity index (χ4v) is 2.17. The molecule has 2 aromatic heterocycles. The van der Waals surface area contributed by atoms with Crippen LogP contribution < -0.4 is 16.0 Å². The summed E-state index contributed by atoms with van der Waals surface area (Å²) in [5.41, 5.74) is 6.82. The third kappa shape index (κ3) is 2.79. The summed E-state index contributed by atoms with van der Waals surface area (Å²) in [6, 6.07) is 6.00. The van der Waals surface area contributed by atoms with Gasteiger partial charge in [-0.3, -0.25) is 4.98 Å². The van der Waals surface area contributed by atoms with E-state index in [0.717, 1.165) is 36.8 Å². The first-order valence-corrected chi connectivity index (χ1v) is 6.31. The minimum absolute atomic E-state index is 0.240. The van der Waals surface area contributed by atoms with E-state index in [0.29, 0.717) is 0 Å². The number of hydrogen-bond acceptors (Lipinski definition) is 6. The third-order valence-corrected chi connectivity index (χ3v) is 3.14. The molecule has 1 fully saturated rings. The Balaban J connectivity index is 1.76. The van der Waals surface area contributed by atoms with Crippen molar-refractivity contribution in [1.29, 1.82) is 0 Å². The van der Waals surface area contributed by atoms with E-state index in [-0.39, 0.29) is 6.04 Å². The highest BCUT2D eigenvalue weighted by Crippen LogP contribution is 2.20. The summed E-state index contributed by atoms with van der Waals surface area (Å²) in [5, 5.41) is 3.21. The molecule has 2 aromatic rings. The molecule has 3 N–H and O–H groups in total. The lowest BCUT2D eigenvalue weighted by molar-refractivity contribution is 0.751. The molecule has 0 bridgehead atoms. The first kappa shape index (κ1) is 11.9. The van der Waals surface area contributed by atoms with Crippen LogP contribution in [-0.2, 0) is 0 Å². The summed E-state index contributed by atoms with van der Waals surface area (Å²) in [6.07, 6.45) is 6.07. The smallest absolute Gasteiger partial charge is 0.135 e. The minimum atomic E-state index is 0.240. The Bertz CT molecular complexity index is 544. The van der Waals surface area contributed by atoms with Gasteiger partial charge in [-0.1, -0.05) is 0 Å². The van der Waals surface area contributed by atoms with Crippen LogP contribution in [0.5, 0.6) is 0 Å². The fourth-order valence-electron chi connectivity index (χ4n) is 2.17. The van der Waals surface area contributed by atoms with Crippen molar-refractivity contribution in [2.75, 3.05) is 23.3 Å². The van der Waals surface area contributed by atoms with E-state index < -0.39 is 0 Å². The molecule has 1 unspecified atom stereocenters. The molecule has 1 atom stereocenters. The number of pyridine rings is 1. The number of nitrogens with one attached hydrogen (secondary N) is 1. The molecule has 6 heteroatoms. The lowest BCUT2D eigenvalue weighted by Crippen LogP contribution is -2.26. The Morgan fingerprint density at radius 2 is 2.32 bits per heavy atom. The Labute approximate surface area is 111 Å². The summed E-state index contributed by atoms with van der Waals surface area (Å²) >= 11 is 0. The van der Waals surface area contributed by atoms with Crippen molar-refractivity contribution in [3.63, 3.8) is 0 Å². The maximum Gasteiger partial charge on any atom is 0.135 e. The van der Waals surface area contributed by atoms with Crippen LogP contribution in [0.3, 0.4) is 0 Å². The van der Waals surface area contributed by atoms with Gasteiger partial charge in [-0.15, -0.1) is 0 Å². The summed E-state index contributed by atoms with van der Waals surface area (Å²) < 4.78 is 0. The van der Waals surface area contributed by atoms with Gasteiger partial charge in [0.15, 0.2) is 0 Å². The van der Waals surface area contributed by atoms with Gasteiger partial charge in [0.25, 0.3) is 0 Å². The van der Waals surface area contributed by atoms with E-state index in [2.05, 4.69) is 25.2 Å². The molecule has 19 heavy (non-hydrogen) atoms. The Morgan fingerprint density at radius 3 is 3.05 bits per heavy atom. The van der Waals surface area contributed by atoms with Crippen LogP contribution in [0.2, 0.25) is 0 Å². The Morgan fingerprint density at radius 1 is 1.37 bits per heavy atom.